The molecule has 0 saturated carbocycles. The molecule has 0 aromatic heterocycles. The Morgan fingerprint density at radius 1 is 1.25 bits per heavy atom. The van der Waals surface area contributed by atoms with Crippen molar-refractivity contribution in [3.05, 3.63) is 29.8 Å². The van der Waals surface area contributed by atoms with Gasteiger partial charge in [0.25, 0.3) is 0 Å². The number of hydrogen-bond acceptors (Lipinski definition) is 3. The van der Waals surface area contributed by atoms with Crippen LogP contribution in [0.15, 0.2) is 29.2 Å². The van der Waals surface area contributed by atoms with Crippen molar-refractivity contribution in [1.82, 2.24) is 5.32 Å². The van der Waals surface area contributed by atoms with Gasteiger partial charge in [0.15, 0.2) is 5.78 Å². The zero-order valence-corrected chi connectivity index (χ0v) is 11.8. The molecule has 1 atom stereocenters. The number of benzene rings is 1. The van der Waals surface area contributed by atoms with Crippen molar-refractivity contribution >= 4 is 23.5 Å². The third-order valence-corrected chi connectivity index (χ3v) is 3.34. The predicted molar refractivity (Wildman–Crippen MR) is 70.8 cm³/mol. The largest absolute Gasteiger partial charge is 0.471 e. The highest BCUT2D eigenvalue weighted by Gasteiger charge is 2.40. The summed E-state index contributed by atoms with van der Waals surface area (Å²) in [4.78, 5) is 23.6. The minimum atomic E-state index is -4.99. The second-order valence-corrected chi connectivity index (χ2v) is 5.35. The van der Waals surface area contributed by atoms with Crippen LogP contribution in [0, 0.1) is 0 Å². The van der Waals surface area contributed by atoms with Crippen molar-refractivity contribution in [1.29, 1.82) is 0 Å². The molecular weight excluding hydrogens is 291 g/mol. The summed E-state index contributed by atoms with van der Waals surface area (Å²) in [5.41, 5.74) is 0.264. The second-order valence-electron chi connectivity index (χ2n) is 4.01. The molecule has 7 heteroatoms. The van der Waals surface area contributed by atoms with E-state index < -0.39 is 23.9 Å². The molecule has 0 bridgehead atoms. The van der Waals surface area contributed by atoms with Gasteiger partial charge in [0.2, 0.25) is 0 Å². The summed E-state index contributed by atoms with van der Waals surface area (Å²) in [6, 6.07) is 5.29. The molecular formula is C13H14F3NO2S. The summed E-state index contributed by atoms with van der Waals surface area (Å²) in [5, 5.41) is 1.64. The Hall–Kier alpha value is -1.50. The molecule has 0 aliphatic heterocycles. The van der Waals surface area contributed by atoms with E-state index in [0.717, 1.165) is 10.6 Å². The third-order valence-electron chi connectivity index (χ3n) is 2.45. The van der Waals surface area contributed by atoms with Gasteiger partial charge in [0.1, 0.15) is 0 Å². The Labute approximate surface area is 118 Å². The van der Waals surface area contributed by atoms with Crippen LogP contribution < -0.4 is 5.32 Å². The third kappa shape index (κ3) is 4.56. The van der Waals surface area contributed by atoms with Gasteiger partial charge in [0.05, 0.1) is 6.04 Å². The van der Waals surface area contributed by atoms with Crippen LogP contribution in [0.2, 0.25) is 0 Å². The van der Waals surface area contributed by atoms with Crippen LogP contribution in [0.3, 0.4) is 0 Å². The topological polar surface area (TPSA) is 46.2 Å². The number of halogens is 3. The normalized spacial score (nSPS) is 12.8. The minimum Gasteiger partial charge on any atom is -0.338 e. The number of hydrogen-bond donors (Lipinski definition) is 1. The summed E-state index contributed by atoms with van der Waals surface area (Å²) >= 11 is 1.59. The van der Waals surface area contributed by atoms with Crippen molar-refractivity contribution in [3.63, 3.8) is 0 Å². The van der Waals surface area contributed by atoms with Gasteiger partial charge in [-0.3, -0.25) is 9.59 Å². The summed E-state index contributed by atoms with van der Waals surface area (Å²) in [6.07, 6.45) is -4.99. The molecule has 20 heavy (non-hydrogen) atoms. The monoisotopic (exact) mass is 305 g/mol. The molecule has 1 amide bonds. The van der Waals surface area contributed by atoms with Crippen molar-refractivity contribution in [3.8, 4) is 0 Å². The second kappa shape index (κ2) is 6.78. The number of rotatable bonds is 5. The van der Waals surface area contributed by atoms with Crippen molar-refractivity contribution in [2.24, 2.45) is 0 Å². The molecule has 0 radical (unpaired) electrons. The molecule has 0 spiro atoms. The fraction of sp³-hybridized carbons (Fsp3) is 0.385. The lowest BCUT2D eigenvalue weighted by molar-refractivity contribution is -0.173. The Balaban J connectivity index is 2.72. The number of carbonyl (C=O) groups is 2. The summed E-state index contributed by atoms with van der Waals surface area (Å²) in [7, 11) is 0. The predicted octanol–water partition coefficient (Wildman–Crippen LogP) is 3.05. The molecule has 0 unspecified atom stereocenters. The molecule has 1 rings (SSSR count). The Kier molecular flexibility index (Phi) is 5.62. The number of thioether (sulfide) groups is 1. The van der Waals surface area contributed by atoms with E-state index >= 15 is 0 Å². The first-order valence-electron chi connectivity index (χ1n) is 5.90. The first-order valence-corrected chi connectivity index (χ1v) is 6.89. The smallest absolute Gasteiger partial charge is 0.338 e. The number of Topliss-reactive ketones (excluding diaryl/α,β-unsaturated/α-hetero) is 1. The van der Waals surface area contributed by atoms with Crippen LogP contribution in [0.4, 0.5) is 13.2 Å². The zero-order chi connectivity index (χ0) is 15.3. The van der Waals surface area contributed by atoms with E-state index in [1.54, 1.807) is 29.2 Å². The van der Waals surface area contributed by atoms with E-state index in [2.05, 4.69) is 0 Å². The molecule has 1 aromatic rings. The highest BCUT2D eigenvalue weighted by molar-refractivity contribution is 7.99. The van der Waals surface area contributed by atoms with Gasteiger partial charge in [0, 0.05) is 10.5 Å². The highest BCUT2D eigenvalue weighted by atomic mass is 32.2. The Morgan fingerprint density at radius 3 is 2.25 bits per heavy atom. The lowest BCUT2D eigenvalue weighted by Crippen LogP contribution is -2.45. The average molecular weight is 305 g/mol. The van der Waals surface area contributed by atoms with E-state index in [0.29, 0.717) is 0 Å². The molecule has 3 nitrogen and oxygen atoms in total. The molecule has 0 aliphatic carbocycles. The maximum atomic E-state index is 12.1. The van der Waals surface area contributed by atoms with Gasteiger partial charge >= 0.3 is 12.1 Å². The first kappa shape index (κ1) is 16.6. The number of amides is 1. The van der Waals surface area contributed by atoms with Gasteiger partial charge in [-0.2, -0.15) is 13.2 Å². The lowest BCUT2D eigenvalue weighted by Gasteiger charge is -2.14. The van der Waals surface area contributed by atoms with Gasteiger partial charge in [-0.15, -0.1) is 11.8 Å². The van der Waals surface area contributed by atoms with Crippen molar-refractivity contribution in [2.45, 2.75) is 31.0 Å². The first-order chi connectivity index (χ1) is 9.25. The van der Waals surface area contributed by atoms with Crippen LogP contribution >= 0.6 is 11.8 Å². The summed E-state index contributed by atoms with van der Waals surface area (Å²) in [5.74, 6) is -1.79. The van der Waals surface area contributed by atoms with E-state index in [9.17, 15) is 22.8 Å². The maximum Gasteiger partial charge on any atom is 0.471 e. The molecule has 1 N–H and O–H groups in total. The fourth-order valence-corrected chi connectivity index (χ4v) is 2.14. The fourth-order valence-electron chi connectivity index (χ4n) is 1.48. The van der Waals surface area contributed by atoms with Crippen molar-refractivity contribution in [2.75, 3.05) is 5.75 Å². The number of ketones is 1. The number of alkyl halides is 3. The van der Waals surface area contributed by atoms with Crippen molar-refractivity contribution < 1.29 is 22.8 Å². The number of carbonyl (C=O) groups excluding carboxylic acids is 2. The van der Waals surface area contributed by atoms with Gasteiger partial charge in [-0.1, -0.05) is 19.1 Å². The number of nitrogens with one attached hydrogen (secondary N) is 1. The molecule has 0 fully saturated rings. The minimum absolute atomic E-state index is 0.264. The molecule has 1 aromatic carbocycles. The summed E-state index contributed by atoms with van der Waals surface area (Å²) in [6.45, 7) is 3.21. The molecule has 0 aliphatic rings. The zero-order valence-electron chi connectivity index (χ0n) is 11.0. The van der Waals surface area contributed by atoms with Gasteiger partial charge < -0.3 is 5.32 Å². The van der Waals surface area contributed by atoms with Crippen LogP contribution in [0.5, 0.6) is 0 Å². The SMILES string of the molecule is CCSc1ccc(C(=O)[C@@H](C)NC(=O)C(F)(F)F)cc1. The molecule has 110 valence electrons. The maximum absolute atomic E-state index is 12.1. The van der Waals surface area contributed by atoms with Crippen LogP contribution in [-0.4, -0.2) is 29.7 Å². The van der Waals surface area contributed by atoms with Crippen LogP contribution in [0.1, 0.15) is 24.2 Å². The Bertz CT molecular complexity index is 485. The lowest BCUT2D eigenvalue weighted by atomic mass is 10.1. The quantitative estimate of drug-likeness (QED) is 0.672. The van der Waals surface area contributed by atoms with Gasteiger partial charge in [-0.05, 0) is 24.8 Å². The van der Waals surface area contributed by atoms with E-state index in [-0.39, 0.29) is 5.56 Å². The van der Waals surface area contributed by atoms with Gasteiger partial charge in [-0.25, -0.2) is 0 Å². The van der Waals surface area contributed by atoms with E-state index in [1.165, 1.54) is 19.1 Å². The Morgan fingerprint density at radius 2 is 1.80 bits per heavy atom. The van der Waals surface area contributed by atoms with Crippen LogP contribution in [0.25, 0.3) is 0 Å². The highest BCUT2D eigenvalue weighted by Crippen LogP contribution is 2.19. The van der Waals surface area contributed by atoms with E-state index in [1.807, 2.05) is 6.92 Å². The average Bonchev–Trinajstić information content (AvgIpc) is 2.38. The molecule has 0 saturated heterocycles. The van der Waals surface area contributed by atoms with E-state index in [4.69, 9.17) is 0 Å². The van der Waals surface area contributed by atoms with Crippen LogP contribution in [-0.2, 0) is 4.79 Å². The standard InChI is InChI=1S/C13H14F3NO2S/c1-3-20-10-6-4-9(5-7-10)11(18)8(2)17-12(19)13(14,15)16/h4-8H,3H2,1-2H3,(H,17,19)/t8-/m1/s1. The molecule has 0 heterocycles. The summed E-state index contributed by atoms with van der Waals surface area (Å²) < 4.78 is 36.3.